The van der Waals surface area contributed by atoms with Crippen LogP contribution in [-0.4, -0.2) is 31.1 Å². The van der Waals surface area contributed by atoms with Crippen LogP contribution in [0.3, 0.4) is 0 Å². The van der Waals surface area contributed by atoms with Crippen molar-refractivity contribution in [3.05, 3.63) is 35.6 Å². The zero-order valence-electron chi connectivity index (χ0n) is 11.5. The lowest BCUT2D eigenvalue weighted by Crippen LogP contribution is -2.55. The first-order valence-corrected chi connectivity index (χ1v) is 7.53. The second kappa shape index (κ2) is 5.59. The molecule has 19 heavy (non-hydrogen) atoms. The average molecular weight is 262 g/mol. The van der Waals surface area contributed by atoms with Gasteiger partial charge in [0.25, 0.3) is 0 Å². The summed E-state index contributed by atoms with van der Waals surface area (Å²) in [4.78, 5) is 2.63. The lowest BCUT2D eigenvalue weighted by Gasteiger charge is -2.48. The Morgan fingerprint density at radius 2 is 1.58 bits per heavy atom. The summed E-state index contributed by atoms with van der Waals surface area (Å²) in [6, 6.07) is 7.24. The number of piperazine rings is 1. The summed E-state index contributed by atoms with van der Waals surface area (Å²) >= 11 is 0. The number of halogens is 1. The lowest BCUT2D eigenvalue weighted by molar-refractivity contribution is 0.0361. The highest BCUT2D eigenvalue weighted by Gasteiger charge is 2.39. The Hall–Kier alpha value is -0.930. The van der Waals surface area contributed by atoms with Crippen LogP contribution >= 0.6 is 0 Å². The molecule has 1 aromatic carbocycles. The molecule has 0 unspecified atom stereocenters. The third-order valence-corrected chi connectivity index (χ3v) is 4.78. The molecule has 1 saturated heterocycles. The van der Waals surface area contributed by atoms with Gasteiger partial charge in [0.15, 0.2) is 0 Å². The van der Waals surface area contributed by atoms with Gasteiger partial charge >= 0.3 is 0 Å². The molecule has 0 bridgehead atoms. The lowest BCUT2D eigenvalue weighted by atomic mass is 9.75. The zero-order chi connectivity index (χ0) is 13.1. The predicted molar refractivity (Wildman–Crippen MR) is 75.6 cm³/mol. The second-order valence-electron chi connectivity index (χ2n) is 5.84. The maximum Gasteiger partial charge on any atom is 0.123 e. The molecule has 2 fully saturated rings. The van der Waals surface area contributed by atoms with Crippen LogP contribution in [0.1, 0.15) is 37.7 Å². The molecule has 1 saturated carbocycles. The molecule has 1 aliphatic carbocycles. The van der Waals surface area contributed by atoms with Crippen LogP contribution in [0.5, 0.6) is 0 Å². The molecule has 0 radical (unpaired) electrons. The van der Waals surface area contributed by atoms with Crippen molar-refractivity contribution in [1.82, 2.24) is 10.2 Å². The molecule has 1 N–H and O–H groups in total. The number of rotatable bonds is 2. The standard InChI is InChI=1S/C16H23FN2/c17-15-6-4-14(5-7-15)16(8-2-1-3-9-16)19-12-10-18-11-13-19/h4-7,18H,1-3,8-13H2. The molecule has 1 aliphatic heterocycles. The summed E-state index contributed by atoms with van der Waals surface area (Å²) in [5, 5.41) is 3.43. The fraction of sp³-hybridized carbons (Fsp3) is 0.625. The van der Waals surface area contributed by atoms with E-state index in [0.717, 1.165) is 26.2 Å². The maximum atomic E-state index is 13.2. The first-order chi connectivity index (χ1) is 9.31. The van der Waals surface area contributed by atoms with E-state index in [1.54, 1.807) is 12.1 Å². The minimum Gasteiger partial charge on any atom is -0.314 e. The smallest absolute Gasteiger partial charge is 0.123 e. The largest absolute Gasteiger partial charge is 0.314 e. The molecule has 1 aromatic rings. The van der Waals surface area contributed by atoms with Gasteiger partial charge in [0.1, 0.15) is 5.82 Å². The van der Waals surface area contributed by atoms with Gasteiger partial charge < -0.3 is 5.32 Å². The Morgan fingerprint density at radius 1 is 0.947 bits per heavy atom. The van der Waals surface area contributed by atoms with Gasteiger partial charge in [0, 0.05) is 31.7 Å². The molecular weight excluding hydrogens is 239 g/mol. The van der Waals surface area contributed by atoms with Gasteiger partial charge in [-0.05, 0) is 30.5 Å². The van der Waals surface area contributed by atoms with Crippen LogP contribution in [0, 0.1) is 5.82 Å². The first-order valence-electron chi connectivity index (χ1n) is 7.53. The molecule has 0 aromatic heterocycles. The summed E-state index contributed by atoms with van der Waals surface area (Å²) in [5.41, 5.74) is 1.48. The van der Waals surface area contributed by atoms with Crippen molar-refractivity contribution in [1.29, 1.82) is 0 Å². The van der Waals surface area contributed by atoms with Crippen molar-refractivity contribution in [3.63, 3.8) is 0 Å². The van der Waals surface area contributed by atoms with Crippen molar-refractivity contribution >= 4 is 0 Å². The Bertz CT molecular complexity index is 403. The van der Waals surface area contributed by atoms with Crippen molar-refractivity contribution in [2.45, 2.75) is 37.6 Å². The molecule has 0 atom stereocenters. The topological polar surface area (TPSA) is 15.3 Å². The highest BCUT2D eigenvalue weighted by atomic mass is 19.1. The maximum absolute atomic E-state index is 13.2. The number of hydrogen-bond donors (Lipinski definition) is 1. The third kappa shape index (κ3) is 2.54. The molecule has 3 heteroatoms. The summed E-state index contributed by atoms with van der Waals surface area (Å²) in [6.45, 7) is 4.36. The van der Waals surface area contributed by atoms with Gasteiger partial charge in [-0.1, -0.05) is 31.4 Å². The van der Waals surface area contributed by atoms with Crippen molar-refractivity contribution < 1.29 is 4.39 Å². The normalized spacial score (nSPS) is 24.3. The number of nitrogens with one attached hydrogen (secondary N) is 1. The number of hydrogen-bond acceptors (Lipinski definition) is 2. The molecule has 0 amide bonds. The van der Waals surface area contributed by atoms with Gasteiger partial charge in [0.05, 0.1) is 0 Å². The van der Waals surface area contributed by atoms with E-state index in [4.69, 9.17) is 0 Å². The second-order valence-corrected chi connectivity index (χ2v) is 5.84. The molecule has 3 rings (SSSR count). The van der Waals surface area contributed by atoms with Crippen LogP contribution < -0.4 is 5.32 Å². The summed E-state index contributed by atoms with van der Waals surface area (Å²) in [5.74, 6) is -0.130. The van der Waals surface area contributed by atoms with E-state index in [2.05, 4.69) is 10.2 Å². The Labute approximate surface area is 115 Å². The van der Waals surface area contributed by atoms with E-state index in [1.807, 2.05) is 12.1 Å². The van der Waals surface area contributed by atoms with E-state index >= 15 is 0 Å². The van der Waals surface area contributed by atoms with Crippen molar-refractivity contribution in [2.24, 2.45) is 0 Å². The Morgan fingerprint density at radius 3 is 2.21 bits per heavy atom. The van der Waals surface area contributed by atoms with Crippen LogP contribution in [0.2, 0.25) is 0 Å². The van der Waals surface area contributed by atoms with E-state index < -0.39 is 0 Å². The zero-order valence-corrected chi connectivity index (χ0v) is 11.5. The van der Waals surface area contributed by atoms with Crippen molar-refractivity contribution in [2.75, 3.05) is 26.2 Å². The van der Waals surface area contributed by atoms with E-state index in [-0.39, 0.29) is 11.4 Å². The molecular formula is C16H23FN2. The SMILES string of the molecule is Fc1ccc(C2(N3CCNCC3)CCCCC2)cc1. The van der Waals surface area contributed by atoms with Gasteiger partial charge in [-0.3, -0.25) is 4.90 Å². The third-order valence-electron chi connectivity index (χ3n) is 4.78. The average Bonchev–Trinajstić information content (AvgIpc) is 2.49. The summed E-state index contributed by atoms with van der Waals surface area (Å²) in [6.07, 6.45) is 6.37. The van der Waals surface area contributed by atoms with Crippen LogP contribution in [0.4, 0.5) is 4.39 Å². The van der Waals surface area contributed by atoms with Gasteiger partial charge in [-0.2, -0.15) is 0 Å². The predicted octanol–water partition coefficient (Wildman–Crippen LogP) is 2.89. The van der Waals surface area contributed by atoms with E-state index in [9.17, 15) is 4.39 Å². The minimum absolute atomic E-state index is 0.130. The molecule has 1 heterocycles. The number of nitrogens with zero attached hydrogens (tertiary/aromatic N) is 1. The minimum atomic E-state index is -0.130. The summed E-state index contributed by atoms with van der Waals surface area (Å²) < 4.78 is 13.2. The first kappa shape index (κ1) is 13.1. The van der Waals surface area contributed by atoms with Crippen LogP contribution in [0.15, 0.2) is 24.3 Å². The Kier molecular flexibility index (Phi) is 3.85. The molecule has 2 aliphatic rings. The fourth-order valence-electron chi connectivity index (χ4n) is 3.78. The Balaban J connectivity index is 1.93. The molecule has 2 nitrogen and oxygen atoms in total. The van der Waals surface area contributed by atoms with Crippen molar-refractivity contribution in [3.8, 4) is 0 Å². The highest BCUT2D eigenvalue weighted by Crippen LogP contribution is 2.42. The molecule has 0 spiro atoms. The van der Waals surface area contributed by atoms with Crippen LogP contribution in [-0.2, 0) is 5.54 Å². The summed E-state index contributed by atoms with van der Waals surface area (Å²) in [7, 11) is 0. The van der Waals surface area contributed by atoms with Gasteiger partial charge in [-0.15, -0.1) is 0 Å². The fourth-order valence-corrected chi connectivity index (χ4v) is 3.78. The quantitative estimate of drug-likeness (QED) is 0.881. The van der Waals surface area contributed by atoms with E-state index in [1.165, 1.54) is 37.7 Å². The van der Waals surface area contributed by atoms with Gasteiger partial charge in [0.2, 0.25) is 0 Å². The molecule has 104 valence electrons. The van der Waals surface area contributed by atoms with Crippen LogP contribution in [0.25, 0.3) is 0 Å². The monoisotopic (exact) mass is 262 g/mol. The van der Waals surface area contributed by atoms with E-state index in [0.29, 0.717) is 0 Å². The highest BCUT2D eigenvalue weighted by molar-refractivity contribution is 5.26. The number of benzene rings is 1. The van der Waals surface area contributed by atoms with Gasteiger partial charge in [-0.25, -0.2) is 4.39 Å².